The Morgan fingerprint density at radius 1 is 1.04 bits per heavy atom. The van der Waals surface area contributed by atoms with Gasteiger partial charge in [-0.3, -0.25) is 9.78 Å². The molecule has 2 aromatic heterocycles. The zero-order chi connectivity index (χ0) is 16.4. The first-order valence-corrected chi connectivity index (χ1v) is 6.41. The third-order valence-electron chi connectivity index (χ3n) is 3.00. The highest BCUT2D eigenvalue weighted by Gasteiger charge is 2.38. The molecule has 116 valence electrons. The lowest BCUT2D eigenvalue weighted by atomic mass is 10.0. The van der Waals surface area contributed by atoms with Gasteiger partial charge in [0.15, 0.2) is 5.78 Å². The van der Waals surface area contributed by atoms with Gasteiger partial charge in [-0.15, -0.1) is 0 Å². The maximum atomic E-state index is 12.4. The van der Waals surface area contributed by atoms with Gasteiger partial charge < -0.3 is 4.52 Å². The van der Waals surface area contributed by atoms with Crippen LogP contribution in [-0.4, -0.2) is 20.9 Å². The highest BCUT2D eigenvalue weighted by Crippen LogP contribution is 2.29. The van der Waals surface area contributed by atoms with Crippen LogP contribution in [0.1, 0.15) is 21.8 Å². The number of hydrogen-bond acceptors (Lipinski definition) is 5. The van der Waals surface area contributed by atoms with Gasteiger partial charge in [0, 0.05) is 29.1 Å². The summed E-state index contributed by atoms with van der Waals surface area (Å²) >= 11 is 0. The van der Waals surface area contributed by atoms with E-state index in [-0.39, 0.29) is 11.6 Å². The number of alkyl halides is 3. The summed E-state index contributed by atoms with van der Waals surface area (Å²) in [6.45, 7) is 0. The summed E-state index contributed by atoms with van der Waals surface area (Å²) in [5.74, 6) is -1.85. The van der Waals surface area contributed by atoms with E-state index in [1.807, 2.05) is 0 Å². The Morgan fingerprint density at radius 3 is 2.35 bits per heavy atom. The van der Waals surface area contributed by atoms with Crippen molar-refractivity contribution in [1.82, 2.24) is 15.1 Å². The van der Waals surface area contributed by atoms with E-state index >= 15 is 0 Å². The Kier molecular flexibility index (Phi) is 3.65. The maximum absolute atomic E-state index is 12.4. The van der Waals surface area contributed by atoms with Crippen molar-refractivity contribution in [2.45, 2.75) is 6.18 Å². The van der Waals surface area contributed by atoms with Crippen molar-refractivity contribution in [3.05, 3.63) is 65.8 Å². The van der Waals surface area contributed by atoms with E-state index in [2.05, 4.69) is 19.6 Å². The molecule has 0 aliphatic carbocycles. The SMILES string of the molecule is O=C(c1ccc(-c2noc(C(F)(F)F)n2)cc1)c1cccnc1. The molecule has 2 heterocycles. The van der Waals surface area contributed by atoms with Crippen LogP contribution in [0.2, 0.25) is 0 Å². The third-order valence-corrected chi connectivity index (χ3v) is 3.00. The van der Waals surface area contributed by atoms with E-state index in [1.54, 1.807) is 18.3 Å². The van der Waals surface area contributed by atoms with Crippen molar-refractivity contribution < 1.29 is 22.5 Å². The normalized spacial score (nSPS) is 11.4. The van der Waals surface area contributed by atoms with E-state index in [1.165, 1.54) is 30.5 Å². The van der Waals surface area contributed by atoms with Crippen molar-refractivity contribution in [1.29, 1.82) is 0 Å². The Hall–Kier alpha value is -3.03. The molecule has 0 spiro atoms. The van der Waals surface area contributed by atoms with Gasteiger partial charge in [0.05, 0.1) is 0 Å². The number of benzene rings is 1. The lowest BCUT2D eigenvalue weighted by Crippen LogP contribution is -2.04. The van der Waals surface area contributed by atoms with E-state index in [0.29, 0.717) is 16.7 Å². The molecule has 3 aromatic rings. The van der Waals surface area contributed by atoms with Crippen LogP contribution in [0.3, 0.4) is 0 Å². The van der Waals surface area contributed by atoms with Crippen LogP contribution in [0.15, 0.2) is 53.3 Å². The lowest BCUT2D eigenvalue weighted by Gasteiger charge is -2.01. The summed E-state index contributed by atoms with van der Waals surface area (Å²) in [5, 5.41) is 3.28. The van der Waals surface area contributed by atoms with Gasteiger partial charge in [-0.05, 0) is 12.1 Å². The van der Waals surface area contributed by atoms with Crippen molar-refractivity contribution in [2.75, 3.05) is 0 Å². The number of nitrogens with zero attached hydrogens (tertiary/aromatic N) is 3. The van der Waals surface area contributed by atoms with Crippen molar-refractivity contribution >= 4 is 5.78 Å². The summed E-state index contributed by atoms with van der Waals surface area (Å²) < 4.78 is 41.5. The molecule has 8 heteroatoms. The second-order valence-corrected chi connectivity index (χ2v) is 4.57. The standard InChI is InChI=1S/C15H8F3N3O2/c16-15(17,18)14-20-13(21-23-14)10-5-3-9(4-6-10)12(22)11-2-1-7-19-8-11/h1-8H. The van der Waals surface area contributed by atoms with Crippen LogP contribution in [0.4, 0.5) is 13.2 Å². The third kappa shape index (κ3) is 3.10. The summed E-state index contributed by atoms with van der Waals surface area (Å²) in [5.41, 5.74) is 1.10. The first-order chi connectivity index (χ1) is 10.9. The minimum Gasteiger partial charge on any atom is -0.329 e. The molecule has 0 saturated heterocycles. The molecular weight excluding hydrogens is 311 g/mol. The van der Waals surface area contributed by atoms with Crippen LogP contribution in [-0.2, 0) is 6.18 Å². The molecule has 0 N–H and O–H groups in total. The molecule has 0 saturated carbocycles. The minimum atomic E-state index is -4.69. The van der Waals surface area contributed by atoms with Gasteiger partial charge in [0.25, 0.3) is 0 Å². The highest BCUT2D eigenvalue weighted by molar-refractivity contribution is 6.08. The summed E-state index contributed by atoms with van der Waals surface area (Å²) in [6, 6.07) is 9.13. The largest absolute Gasteiger partial charge is 0.471 e. The summed E-state index contributed by atoms with van der Waals surface area (Å²) in [4.78, 5) is 19.3. The van der Waals surface area contributed by atoms with Gasteiger partial charge >= 0.3 is 12.1 Å². The Morgan fingerprint density at radius 2 is 1.78 bits per heavy atom. The topological polar surface area (TPSA) is 68.9 Å². The maximum Gasteiger partial charge on any atom is 0.471 e. The van der Waals surface area contributed by atoms with Crippen LogP contribution < -0.4 is 0 Å². The fourth-order valence-electron chi connectivity index (χ4n) is 1.89. The van der Waals surface area contributed by atoms with Gasteiger partial charge in [-0.25, -0.2) is 0 Å². The molecule has 0 aliphatic rings. The average molecular weight is 319 g/mol. The van der Waals surface area contributed by atoms with Crippen molar-refractivity contribution in [3.8, 4) is 11.4 Å². The summed E-state index contributed by atoms with van der Waals surface area (Å²) in [7, 11) is 0. The van der Waals surface area contributed by atoms with Gasteiger partial charge in [0.1, 0.15) is 0 Å². The fraction of sp³-hybridized carbons (Fsp3) is 0.0667. The number of hydrogen-bond donors (Lipinski definition) is 0. The van der Waals surface area contributed by atoms with Crippen molar-refractivity contribution in [3.63, 3.8) is 0 Å². The second-order valence-electron chi connectivity index (χ2n) is 4.57. The van der Waals surface area contributed by atoms with E-state index in [9.17, 15) is 18.0 Å². The molecule has 3 rings (SSSR count). The van der Waals surface area contributed by atoms with Crippen LogP contribution in [0.5, 0.6) is 0 Å². The zero-order valence-electron chi connectivity index (χ0n) is 11.4. The molecule has 0 radical (unpaired) electrons. The molecule has 0 amide bonds. The second kappa shape index (κ2) is 5.64. The predicted octanol–water partition coefficient (Wildman–Crippen LogP) is 3.38. The highest BCUT2D eigenvalue weighted by atomic mass is 19.4. The number of carbonyl (C=O) groups is 1. The van der Waals surface area contributed by atoms with Crippen LogP contribution in [0.25, 0.3) is 11.4 Å². The Bertz CT molecular complexity index is 827. The fourth-order valence-corrected chi connectivity index (χ4v) is 1.89. The van der Waals surface area contributed by atoms with Crippen LogP contribution >= 0.6 is 0 Å². The van der Waals surface area contributed by atoms with E-state index in [4.69, 9.17) is 0 Å². The first-order valence-electron chi connectivity index (χ1n) is 6.41. The number of halogens is 3. The van der Waals surface area contributed by atoms with E-state index in [0.717, 1.165) is 0 Å². The monoisotopic (exact) mass is 319 g/mol. The van der Waals surface area contributed by atoms with Gasteiger partial charge in [-0.1, -0.05) is 29.4 Å². The molecule has 23 heavy (non-hydrogen) atoms. The number of rotatable bonds is 3. The molecule has 0 fully saturated rings. The quantitative estimate of drug-likeness (QED) is 0.692. The number of carbonyl (C=O) groups excluding carboxylic acids is 1. The molecule has 1 aromatic carbocycles. The first kappa shape index (κ1) is 14.9. The average Bonchev–Trinajstić information content (AvgIpc) is 3.05. The number of ketones is 1. The minimum absolute atomic E-state index is 0.197. The van der Waals surface area contributed by atoms with Gasteiger partial charge in [0.2, 0.25) is 5.82 Å². The molecule has 0 unspecified atom stereocenters. The molecular formula is C15H8F3N3O2. The molecule has 0 atom stereocenters. The molecule has 0 aliphatic heterocycles. The lowest BCUT2D eigenvalue weighted by molar-refractivity contribution is -0.159. The number of aromatic nitrogens is 3. The predicted molar refractivity (Wildman–Crippen MR) is 72.4 cm³/mol. The van der Waals surface area contributed by atoms with Crippen LogP contribution in [0, 0.1) is 0 Å². The number of pyridine rings is 1. The smallest absolute Gasteiger partial charge is 0.329 e. The van der Waals surface area contributed by atoms with Crippen molar-refractivity contribution in [2.24, 2.45) is 0 Å². The zero-order valence-corrected chi connectivity index (χ0v) is 11.4. The molecule has 0 bridgehead atoms. The Labute approximate surface area is 127 Å². The van der Waals surface area contributed by atoms with Gasteiger partial charge in [-0.2, -0.15) is 18.2 Å². The Balaban J connectivity index is 1.85. The molecule has 5 nitrogen and oxygen atoms in total. The van der Waals surface area contributed by atoms with E-state index < -0.39 is 12.1 Å². The summed E-state index contributed by atoms with van der Waals surface area (Å²) in [6.07, 6.45) is -1.71.